The summed E-state index contributed by atoms with van der Waals surface area (Å²) in [5.74, 6) is -0.0480. The van der Waals surface area contributed by atoms with Crippen molar-refractivity contribution in [3.63, 3.8) is 0 Å². The van der Waals surface area contributed by atoms with Crippen LogP contribution in [0.25, 0.3) is 0 Å². The van der Waals surface area contributed by atoms with Crippen molar-refractivity contribution >= 4 is 11.8 Å². The lowest BCUT2D eigenvalue weighted by molar-refractivity contribution is -0.125. The highest BCUT2D eigenvalue weighted by atomic mass is 19.1. The highest BCUT2D eigenvalue weighted by molar-refractivity contribution is 5.90. The molecule has 1 aliphatic rings. The Balaban J connectivity index is 1.85. The van der Waals surface area contributed by atoms with Crippen LogP contribution in [0.2, 0.25) is 0 Å². The van der Waals surface area contributed by atoms with E-state index in [1.807, 2.05) is 0 Å². The molecule has 1 atom stereocenters. The SMILES string of the molecule is COc1ccc(F)cc1CCNC(=O)C1CCC(=O)N1. The summed E-state index contributed by atoms with van der Waals surface area (Å²) in [4.78, 5) is 22.8. The summed E-state index contributed by atoms with van der Waals surface area (Å²) in [6.45, 7) is 0.366. The van der Waals surface area contributed by atoms with Crippen LogP contribution in [0, 0.1) is 5.82 Å². The zero-order valence-electron chi connectivity index (χ0n) is 11.2. The van der Waals surface area contributed by atoms with E-state index in [1.165, 1.54) is 19.2 Å². The second-order valence-electron chi connectivity index (χ2n) is 4.66. The van der Waals surface area contributed by atoms with E-state index in [-0.39, 0.29) is 17.6 Å². The van der Waals surface area contributed by atoms with Crippen molar-refractivity contribution in [2.75, 3.05) is 13.7 Å². The minimum absolute atomic E-state index is 0.100. The smallest absolute Gasteiger partial charge is 0.242 e. The van der Waals surface area contributed by atoms with Crippen LogP contribution in [-0.4, -0.2) is 31.5 Å². The molecule has 1 aliphatic heterocycles. The third-order valence-electron chi connectivity index (χ3n) is 3.25. The molecule has 0 aliphatic carbocycles. The number of ether oxygens (including phenoxy) is 1. The molecule has 6 heteroatoms. The van der Waals surface area contributed by atoms with Crippen molar-refractivity contribution in [3.05, 3.63) is 29.6 Å². The summed E-state index contributed by atoms with van der Waals surface area (Å²) in [5, 5.41) is 5.33. The van der Waals surface area contributed by atoms with E-state index in [1.54, 1.807) is 6.07 Å². The second kappa shape index (κ2) is 6.36. The third kappa shape index (κ3) is 3.46. The minimum atomic E-state index is -0.447. The lowest BCUT2D eigenvalue weighted by atomic mass is 10.1. The van der Waals surface area contributed by atoms with Gasteiger partial charge in [-0.1, -0.05) is 0 Å². The van der Waals surface area contributed by atoms with Crippen LogP contribution in [0.3, 0.4) is 0 Å². The van der Waals surface area contributed by atoms with Gasteiger partial charge in [0.1, 0.15) is 17.6 Å². The summed E-state index contributed by atoms with van der Waals surface area (Å²) < 4.78 is 18.3. The first-order chi connectivity index (χ1) is 9.60. The molecule has 1 unspecified atom stereocenters. The number of carbonyl (C=O) groups excluding carboxylic acids is 2. The molecule has 0 aromatic heterocycles. The molecule has 5 nitrogen and oxygen atoms in total. The van der Waals surface area contributed by atoms with Gasteiger partial charge in [-0.3, -0.25) is 9.59 Å². The maximum absolute atomic E-state index is 13.2. The first kappa shape index (κ1) is 14.3. The van der Waals surface area contributed by atoms with Crippen LogP contribution in [0.4, 0.5) is 4.39 Å². The van der Waals surface area contributed by atoms with Crippen molar-refractivity contribution in [2.45, 2.75) is 25.3 Å². The molecular weight excluding hydrogens is 263 g/mol. The fourth-order valence-electron chi connectivity index (χ4n) is 2.20. The average molecular weight is 280 g/mol. The number of benzene rings is 1. The van der Waals surface area contributed by atoms with Crippen LogP contribution < -0.4 is 15.4 Å². The summed E-state index contributed by atoms with van der Waals surface area (Å²) in [6, 6.07) is 3.83. The Morgan fingerprint density at radius 3 is 3.00 bits per heavy atom. The Kier molecular flexibility index (Phi) is 4.55. The minimum Gasteiger partial charge on any atom is -0.496 e. The van der Waals surface area contributed by atoms with E-state index in [2.05, 4.69) is 10.6 Å². The molecule has 0 bridgehead atoms. The standard InChI is InChI=1S/C14H17FN2O3/c1-20-12-4-2-10(15)8-9(12)6-7-16-14(19)11-3-5-13(18)17-11/h2,4,8,11H,3,5-7H2,1H3,(H,16,19)(H,17,18). The number of hydrogen-bond donors (Lipinski definition) is 2. The molecule has 0 spiro atoms. The van der Waals surface area contributed by atoms with Gasteiger partial charge in [0.2, 0.25) is 11.8 Å². The molecule has 20 heavy (non-hydrogen) atoms. The summed E-state index contributed by atoms with van der Waals surface area (Å²) in [7, 11) is 1.52. The first-order valence-electron chi connectivity index (χ1n) is 6.49. The fourth-order valence-corrected chi connectivity index (χ4v) is 2.20. The van der Waals surface area contributed by atoms with E-state index >= 15 is 0 Å². The van der Waals surface area contributed by atoms with Gasteiger partial charge in [-0.15, -0.1) is 0 Å². The van der Waals surface area contributed by atoms with Gasteiger partial charge in [0.15, 0.2) is 0 Å². The third-order valence-corrected chi connectivity index (χ3v) is 3.25. The van der Waals surface area contributed by atoms with E-state index in [0.29, 0.717) is 37.1 Å². The zero-order valence-corrected chi connectivity index (χ0v) is 11.2. The zero-order chi connectivity index (χ0) is 14.5. The number of rotatable bonds is 5. The molecule has 0 saturated carbocycles. The monoisotopic (exact) mass is 280 g/mol. The number of methoxy groups -OCH3 is 1. The van der Waals surface area contributed by atoms with Gasteiger partial charge in [0.05, 0.1) is 7.11 Å². The lowest BCUT2D eigenvalue weighted by Crippen LogP contribution is -2.42. The largest absolute Gasteiger partial charge is 0.496 e. The topological polar surface area (TPSA) is 67.4 Å². The molecule has 1 aromatic rings. The number of carbonyl (C=O) groups is 2. The van der Waals surface area contributed by atoms with Crippen molar-refractivity contribution in [1.82, 2.24) is 10.6 Å². The summed E-state index contributed by atoms with van der Waals surface area (Å²) in [5.41, 5.74) is 0.697. The van der Waals surface area contributed by atoms with Crippen LogP contribution in [0.1, 0.15) is 18.4 Å². The van der Waals surface area contributed by atoms with E-state index in [9.17, 15) is 14.0 Å². The maximum atomic E-state index is 13.2. The first-order valence-corrected chi connectivity index (χ1v) is 6.49. The number of halogens is 1. The normalized spacial score (nSPS) is 17.7. The lowest BCUT2D eigenvalue weighted by Gasteiger charge is -2.12. The van der Waals surface area contributed by atoms with Crippen LogP contribution in [-0.2, 0) is 16.0 Å². The van der Waals surface area contributed by atoms with E-state index < -0.39 is 6.04 Å². The molecule has 1 heterocycles. The van der Waals surface area contributed by atoms with Crippen LogP contribution >= 0.6 is 0 Å². The molecule has 1 saturated heterocycles. The van der Waals surface area contributed by atoms with Crippen molar-refractivity contribution in [1.29, 1.82) is 0 Å². The molecule has 1 aromatic carbocycles. The maximum Gasteiger partial charge on any atom is 0.242 e. The Hall–Kier alpha value is -2.11. The number of amides is 2. The molecule has 0 radical (unpaired) electrons. The molecule has 2 amide bonds. The van der Waals surface area contributed by atoms with E-state index in [0.717, 1.165) is 0 Å². The number of hydrogen-bond acceptors (Lipinski definition) is 3. The predicted octanol–water partition coefficient (Wildman–Crippen LogP) is 0.772. The van der Waals surface area contributed by atoms with E-state index in [4.69, 9.17) is 4.74 Å². The quantitative estimate of drug-likeness (QED) is 0.837. The highest BCUT2D eigenvalue weighted by Gasteiger charge is 2.26. The molecule has 2 rings (SSSR count). The summed E-state index contributed by atoms with van der Waals surface area (Å²) >= 11 is 0. The molecular formula is C14H17FN2O3. The van der Waals surface area contributed by atoms with Crippen LogP contribution in [0.5, 0.6) is 5.75 Å². The molecule has 108 valence electrons. The molecule has 2 N–H and O–H groups in total. The fraction of sp³-hybridized carbons (Fsp3) is 0.429. The van der Waals surface area contributed by atoms with Crippen molar-refractivity contribution in [2.24, 2.45) is 0 Å². The average Bonchev–Trinajstić information content (AvgIpc) is 2.86. The summed E-state index contributed by atoms with van der Waals surface area (Å²) in [6.07, 6.45) is 1.37. The van der Waals surface area contributed by atoms with Crippen LogP contribution in [0.15, 0.2) is 18.2 Å². The number of nitrogens with one attached hydrogen (secondary N) is 2. The van der Waals surface area contributed by atoms with Gasteiger partial charge >= 0.3 is 0 Å². The predicted molar refractivity (Wildman–Crippen MR) is 70.8 cm³/mol. The van der Waals surface area contributed by atoms with Crippen molar-refractivity contribution in [3.8, 4) is 5.75 Å². The Morgan fingerprint density at radius 1 is 1.55 bits per heavy atom. The Morgan fingerprint density at radius 2 is 2.35 bits per heavy atom. The second-order valence-corrected chi connectivity index (χ2v) is 4.66. The van der Waals surface area contributed by atoms with Gasteiger partial charge < -0.3 is 15.4 Å². The Labute approximate surface area is 116 Å². The van der Waals surface area contributed by atoms with Gasteiger partial charge in [-0.2, -0.15) is 0 Å². The van der Waals surface area contributed by atoms with Gasteiger partial charge in [0, 0.05) is 13.0 Å². The highest BCUT2D eigenvalue weighted by Crippen LogP contribution is 2.19. The van der Waals surface area contributed by atoms with Crippen molar-refractivity contribution < 1.29 is 18.7 Å². The Bertz CT molecular complexity index is 519. The van der Waals surface area contributed by atoms with Gasteiger partial charge in [-0.25, -0.2) is 4.39 Å². The molecule has 1 fully saturated rings. The van der Waals surface area contributed by atoms with Gasteiger partial charge in [-0.05, 0) is 36.6 Å². The van der Waals surface area contributed by atoms with Gasteiger partial charge in [0.25, 0.3) is 0 Å².